The Kier molecular flexibility index (Phi) is 4.70. The third kappa shape index (κ3) is 3.73. The molecule has 0 amide bonds. The Balaban J connectivity index is 2.06. The highest BCUT2D eigenvalue weighted by Gasteiger charge is 2.15. The largest absolute Gasteiger partial charge is 0.483 e. The van der Waals surface area contributed by atoms with Gasteiger partial charge in [-0.3, -0.25) is 0 Å². The standard InChI is InChI=1S/C14H16BrClN2O2/c1-14(2,3)9-4-5-11(10(15)6-9)19-8-13-18-17-12(7-16)20-13/h4-6H,7-8H2,1-3H3. The number of nitrogens with zero attached hydrogens (tertiary/aromatic N) is 2. The molecule has 1 aromatic heterocycles. The normalized spacial score (nSPS) is 11.7. The minimum absolute atomic E-state index is 0.1000. The van der Waals surface area contributed by atoms with Gasteiger partial charge in [0.2, 0.25) is 5.89 Å². The van der Waals surface area contributed by atoms with Gasteiger partial charge in [0.25, 0.3) is 5.89 Å². The Labute approximate surface area is 131 Å². The van der Waals surface area contributed by atoms with Crippen LogP contribution in [0.3, 0.4) is 0 Å². The molecule has 2 aromatic rings. The maximum atomic E-state index is 5.66. The van der Waals surface area contributed by atoms with Gasteiger partial charge >= 0.3 is 0 Å². The van der Waals surface area contributed by atoms with Crippen molar-refractivity contribution in [3.63, 3.8) is 0 Å². The van der Waals surface area contributed by atoms with Crippen molar-refractivity contribution < 1.29 is 9.15 Å². The van der Waals surface area contributed by atoms with Crippen molar-refractivity contribution in [3.05, 3.63) is 40.0 Å². The molecule has 0 radical (unpaired) electrons. The van der Waals surface area contributed by atoms with E-state index in [1.807, 2.05) is 6.07 Å². The van der Waals surface area contributed by atoms with E-state index in [1.54, 1.807) is 0 Å². The monoisotopic (exact) mass is 358 g/mol. The summed E-state index contributed by atoms with van der Waals surface area (Å²) in [5.41, 5.74) is 1.34. The molecule has 0 N–H and O–H groups in total. The number of halogens is 2. The zero-order valence-electron chi connectivity index (χ0n) is 11.6. The lowest BCUT2D eigenvalue weighted by Gasteiger charge is -2.20. The summed E-state index contributed by atoms with van der Waals surface area (Å²) in [5, 5.41) is 7.62. The van der Waals surface area contributed by atoms with Gasteiger partial charge in [-0.05, 0) is 39.0 Å². The summed E-state index contributed by atoms with van der Waals surface area (Å²) < 4.78 is 11.8. The van der Waals surface area contributed by atoms with E-state index in [2.05, 4.69) is 59.0 Å². The number of ether oxygens (including phenoxy) is 1. The minimum Gasteiger partial charge on any atom is -0.483 e. The van der Waals surface area contributed by atoms with Crippen LogP contribution in [0.15, 0.2) is 27.1 Å². The molecular formula is C14H16BrClN2O2. The van der Waals surface area contributed by atoms with E-state index in [-0.39, 0.29) is 17.9 Å². The van der Waals surface area contributed by atoms with Gasteiger partial charge in [-0.2, -0.15) is 0 Å². The molecule has 0 aliphatic carbocycles. The van der Waals surface area contributed by atoms with Crippen LogP contribution in [0.5, 0.6) is 5.75 Å². The lowest BCUT2D eigenvalue weighted by Crippen LogP contribution is -2.11. The molecule has 0 atom stereocenters. The van der Waals surface area contributed by atoms with Crippen molar-refractivity contribution >= 4 is 27.5 Å². The summed E-state index contributed by atoms with van der Waals surface area (Å²) in [7, 11) is 0. The number of aromatic nitrogens is 2. The fourth-order valence-corrected chi connectivity index (χ4v) is 2.23. The summed E-state index contributed by atoms with van der Waals surface area (Å²) in [4.78, 5) is 0. The summed E-state index contributed by atoms with van der Waals surface area (Å²) in [6.45, 7) is 6.72. The fourth-order valence-electron chi connectivity index (χ4n) is 1.62. The highest BCUT2D eigenvalue weighted by atomic mass is 79.9. The molecular weight excluding hydrogens is 344 g/mol. The van der Waals surface area contributed by atoms with E-state index < -0.39 is 0 Å². The maximum Gasteiger partial charge on any atom is 0.253 e. The second kappa shape index (κ2) is 6.14. The van der Waals surface area contributed by atoms with Gasteiger partial charge in [0.15, 0.2) is 6.61 Å². The second-order valence-corrected chi connectivity index (χ2v) is 6.53. The van der Waals surface area contributed by atoms with Crippen LogP contribution in [0, 0.1) is 0 Å². The Morgan fingerprint density at radius 3 is 2.50 bits per heavy atom. The zero-order chi connectivity index (χ0) is 14.8. The molecule has 0 aliphatic rings. The van der Waals surface area contributed by atoms with Gasteiger partial charge < -0.3 is 9.15 Å². The Morgan fingerprint density at radius 1 is 1.25 bits per heavy atom. The smallest absolute Gasteiger partial charge is 0.253 e. The summed E-state index contributed by atoms with van der Waals surface area (Å²) in [6, 6.07) is 6.05. The number of hydrogen-bond acceptors (Lipinski definition) is 4. The van der Waals surface area contributed by atoms with Crippen LogP contribution in [-0.2, 0) is 17.9 Å². The van der Waals surface area contributed by atoms with E-state index in [4.69, 9.17) is 20.8 Å². The molecule has 2 rings (SSSR count). The third-order valence-corrected chi connectivity index (χ3v) is 3.62. The molecule has 108 valence electrons. The van der Waals surface area contributed by atoms with Gasteiger partial charge in [-0.1, -0.05) is 26.8 Å². The maximum absolute atomic E-state index is 5.66. The van der Waals surface area contributed by atoms with Crippen LogP contribution in [0.4, 0.5) is 0 Å². The quantitative estimate of drug-likeness (QED) is 0.757. The van der Waals surface area contributed by atoms with Gasteiger partial charge in [-0.15, -0.1) is 21.8 Å². The first-order valence-corrected chi connectivity index (χ1v) is 7.53. The molecule has 0 bridgehead atoms. The van der Waals surface area contributed by atoms with Gasteiger partial charge in [0.1, 0.15) is 11.6 Å². The molecule has 0 saturated heterocycles. The summed E-state index contributed by atoms with van der Waals surface area (Å²) in [5.74, 6) is 1.75. The molecule has 0 saturated carbocycles. The van der Waals surface area contributed by atoms with E-state index in [0.717, 1.165) is 10.2 Å². The number of benzene rings is 1. The van der Waals surface area contributed by atoms with E-state index >= 15 is 0 Å². The first kappa shape index (κ1) is 15.3. The van der Waals surface area contributed by atoms with Gasteiger partial charge in [0, 0.05) is 0 Å². The van der Waals surface area contributed by atoms with Crippen LogP contribution in [0.2, 0.25) is 0 Å². The lowest BCUT2D eigenvalue weighted by atomic mass is 9.87. The molecule has 0 aliphatic heterocycles. The Hall–Kier alpha value is -1.07. The van der Waals surface area contributed by atoms with E-state index in [9.17, 15) is 0 Å². The fraction of sp³-hybridized carbons (Fsp3) is 0.429. The van der Waals surface area contributed by atoms with E-state index in [1.165, 1.54) is 5.56 Å². The average molecular weight is 360 g/mol. The predicted octanol–water partition coefficient (Wildman–Crippen LogP) is 4.45. The van der Waals surface area contributed by atoms with Crippen LogP contribution in [0.25, 0.3) is 0 Å². The number of rotatable bonds is 4. The SMILES string of the molecule is CC(C)(C)c1ccc(OCc2nnc(CCl)o2)c(Br)c1. The van der Waals surface area contributed by atoms with Crippen molar-refractivity contribution in [2.24, 2.45) is 0 Å². The van der Waals surface area contributed by atoms with E-state index in [0.29, 0.717) is 11.8 Å². The lowest BCUT2D eigenvalue weighted by molar-refractivity contribution is 0.258. The van der Waals surface area contributed by atoms with Crippen molar-refractivity contribution in [2.75, 3.05) is 0 Å². The highest BCUT2D eigenvalue weighted by molar-refractivity contribution is 9.10. The van der Waals surface area contributed by atoms with Crippen molar-refractivity contribution in [3.8, 4) is 5.75 Å². The molecule has 6 heteroatoms. The van der Waals surface area contributed by atoms with Gasteiger partial charge in [0.05, 0.1) is 4.47 Å². The van der Waals surface area contributed by atoms with Crippen LogP contribution in [0.1, 0.15) is 38.1 Å². The second-order valence-electron chi connectivity index (χ2n) is 5.41. The average Bonchev–Trinajstić information content (AvgIpc) is 2.84. The van der Waals surface area contributed by atoms with Crippen molar-refractivity contribution in [1.29, 1.82) is 0 Å². The molecule has 0 unspecified atom stereocenters. The first-order chi connectivity index (χ1) is 9.40. The number of hydrogen-bond donors (Lipinski definition) is 0. The predicted molar refractivity (Wildman–Crippen MR) is 81.0 cm³/mol. The summed E-state index contributed by atoms with van der Waals surface area (Å²) in [6.07, 6.45) is 0. The molecule has 4 nitrogen and oxygen atoms in total. The zero-order valence-corrected chi connectivity index (χ0v) is 14.0. The Bertz CT molecular complexity index is 593. The molecule has 0 fully saturated rings. The van der Waals surface area contributed by atoms with Crippen LogP contribution >= 0.6 is 27.5 Å². The first-order valence-electron chi connectivity index (χ1n) is 6.20. The third-order valence-electron chi connectivity index (χ3n) is 2.77. The molecule has 0 spiro atoms. The van der Waals surface area contributed by atoms with Crippen molar-refractivity contribution in [2.45, 2.75) is 38.7 Å². The van der Waals surface area contributed by atoms with Crippen LogP contribution < -0.4 is 4.74 Å². The summed E-state index contributed by atoms with van der Waals surface area (Å²) >= 11 is 9.12. The van der Waals surface area contributed by atoms with Crippen molar-refractivity contribution in [1.82, 2.24) is 10.2 Å². The topological polar surface area (TPSA) is 48.2 Å². The molecule has 20 heavy (non-hydrogen) atoms. The van der Waals surface area contributed by atoms with Crippen LogP contribution in [-0.4, -0.2) is 10.2 Å². The molecule has 1 heterocycles. The minimum atomic E-state index is 0.1000. The Morgan fingerprint density at radius 2 is 1.95 bits per heavy atom. The highest BCUT2D eigenvalue weighted by Crippen LogP contribution is 2.31. The van der Waals surface area contributed by atoms with Gasteiger partial charge in [-0.25, -0.2) is 0 Å². The number of alkyl halides is 1. The molecule has 1 aromatic carbocycles.